The standard InChI is InChI=1S/C47H30N2O2/c1-3-10-31(11-4-1)36-16-9-17-39(28-36)49(40-24-20-32-12-7-8-15-35(32)29-40)38-22-18-33(19-23-38)37-21-25-41-44(30-37)50-43-27-26-42-46(45(41)43)51-47(48-42)34-13-5-2-6-14-34/h1-30H. The molecule has 0 aliphatic heterocycles. The summed E-state index contributed by atoms with van der Waals surface area (Å²) in [5.74, 6) is 0.605. The fraction of sp³-hybridized carbons (Fsp3) is 0. The minimum atomic E-state index is 0.605. The summed E-state index contributed by atoms with van der Waals surface area (Å²) >= 11 is 0. The van der Waals surface area contributed by atoms with Gasteiger partial charge < -0.3 is 13.7 Å². The average Bonchev–Trinajstić information content (AvgIpc) is 3.81. The fourth-order valence-electron chi connectivity index (χ4n) is 7.15. The molecular formula is C47H30N2O2. The molecule has 4 nitrogen and oxygen atoms in total. The first-order valence-corrected chi connectivity index (χ1v) is 17.1. The van der Waals surface area contributed by atoms with Gasteiger partial charge in [-0.1, -0.05) is 109 Å². The molecule has 0 saturated carbocycles. The van der Waals surface area contributed by atoms with Gasteiger partial charge >= 0.3 is 0 Å². The molecule has 0 atom stereocenters. The predicted molar refractivity (Wildman–Crippen MR) is 210 cm³/mol. The van der Waals surface area contributed by atoms with Gasteiger partial charge in [0.25, 0.3) is 0 Å². The molecule has 51 heavy (non-hydrogen) atoms. The van der Waals surface area contributed by atoms with Crippen molar-refractivity contribution in [3.63, 3.8) is 0 Å². The van der Waals surface area contributed by atoms with Crippen LogP contribution in [0.1, 0.15) is 0 Å². The van der Waals surface area contributed by atoms with Gasteiger partial charge in [-0.05, 0) is 106 Å². The van der Waals surface area contributed by atoms with Gasteiger partial charge in [0.1, 0.15) is 16.7 Å². The fourth-order valence-corrected chi connectivity index (χ4v) is 7.15. The van der Waals surface area contributed by atoms with Crippen molar-refractivity contribution in [2.75, 3.05) is 4.90 Å². The van der Waals surface area contributed by atoms with Crippen molar-refractivity contribution in [1.29, 1.82) is 0 Å². The summed E-state index contributed by atoms with van der Waals surface area (Å²) in [6.07, 6.45) is 0. The second-order valence-electron chi connectivity index (χ2n) is 12.8. The van der Waals surface area contributed by atoms with Gasteiger partial charge in [-0.2, -0.15) is 0 Å². The molecule has 8 aromatic carbocycles. The molecule has 4 heteroatoms. The van der Waals surface area contributed by atoms with Gasteiger partial charge in [-0.3, -0.25) is 0 Å². The lowest BCUT2D eigenvalue weighted by Gasteiger charge is -2.26. The van der Waals surface area contributed by atoms with Crippen molar-refractivity contribution in [2.24, 2.45) is 0 Å². The van der Waals surface area contributed by atoms with E-state index in [1.54, 1.807) is 0 Å². The Hall–Kier alpha value is -6.91. The first-order chi connectivity index (χ1) is 25.2. The predicted octanol–water partition coefficient (Wildman–Crippen LogP) is 13.4. The Balaban J connectivity index is 1.04. The maximum Gasteiger partial charge on any atom is 0.227 e. The van der Waals surface area contributed by atoms with E-state index in [1.165, 1.54) is 21.9 Å². The number of anilines is 3. The molecule has 240 valence electrons. The van der Waals surface area contributed by atoms with Crippen LogP contribution in [0.4, 0.5) is 17.1 Å². The van der Waals surface area contributed by atoms with E-state index in [1.807, 2.05) is 42.5 Å². The van der Waals surface area contributed by atoms with Crippen LogP contribution in [0.3, 0.4) is 0 Å². The molecule has 2 aromatic heterocycles. The number of benzene rings is 8. The lowest BCUT2D eigenvalue weighted by Crippen LogP contribution is -2.10. The second kappa shape index (κ2) is 11.9. The highest BCUT2D eigenvalue weighted by molar-refractivity contribution is 6.16. The van der Waals surface area contributed by atoms with Crippen molar-refractivity contribution in [1.82, 2.24) is 4.98 Å². The van der Waals surface area contributed by atoms with E-state index in [0.717, 1.165) is 66.8 Å². The summed E-state index contributed by atoms with van der Waals surface area (Å²) in [4.78, 5) is 7.10. The van der Waals surface area contributed by atoms with Gasteiger partial charge in [-0.25, -0.2) is 4.98 Å². The Morgan fingerprint density at radius 1 is 0.392 bits per heavy atom. The van der Waals surface area contributed by atoms with Crippen LogP contribution in [0.2, 0.25) is 0 Å². The third-order valence-corrected chi connectivity index (χ3v) is 9.67. The third-order valence-electron chi connectivity index (χ3n) is 9.67. The van der Waals surface area contributed by atoms with Crippen molar-refractivity contribution >= 4 is 60.9 Å². The highest BCUT2D eigenvalue weighted by atomic mass is 16.4. The summed E-state index contributed by atoms with van der Waals surface area (Å²) in [6, 6.07) is 63.6. The van der Waals surface area contributed by atoms with Crippen LogP contribution < -0.4 is 4.90 Å². The van der Waals surface area contributed by atoms with Crippen LogP contribution in [0, 0.1) is 0 Å². The number of hydrogen-bond acceptors (Lipinski definition) is 4. The van der Waals surface area contributed by atoms with Crippen LogP contribution in [0.25, 0.3) is 77.5 Å². The van der Waals surface area contributed by atoms with E-state index in [-0.39, 0.29) is 0 Å². The zero-order valence-electron chi connectivity index (χ0n) is 27.5. The molecule has 0 aliphatic rings. The van der Waals surface area contributed by atoms with Crippen molar-refractivity contribution < 1.29 is 8.83 Å². The van der Waals surface area contributed by atoms with Crippen molar-refractivity contribution in [2.45, 2.75) is 0 Å². The smallest absolute Gasteiger partial charge is 0.227 e. The summed E-state index contributed by atoms with van der Waals surface area (Å²) in [6.45, 7) is 0. The molecule has 10 aromatic rings. The Bertz CT molecular complexity index is 2850. The summed E-state index contributed by atoms with van der Waals surface area (Å²) in [7, 11) is 0. The maximum atomic E-state index is 6.40. The monoisotopic (exact) mass is 654 g/mol. The molecule has 0 unspecified atom stereocenters. The number of fused-ring (bicyclic) bond motifs is 6. The summed E-state index contributed by atoms with van der Waals surface area (Å²) in [5, 5.41) is 4.38. The molecule has 0 N–H and O–H groups in total. The average molecular weight is 655 g/mol. The molecule has 0 saturated heterocycles. The highest BCUT2D eigenvalue weighted by Crippen LogP contribution is 2.41. The largest absolute Gasteiger partial charge is 0.456 e. The van der Waals surface area contributed by atoms with E-state index in [2.05, 4.69) is 144 Å². The molecule has 2 heterocycles. The van der Waals surface area contributed by atoms with Crippen molar-refractivity contribution in [3.05, 3.63) is 182 Å². The first-order valence-electron chi connectivity index (χ1n) is 17.1. The lowest BCUT2D eigenvalue weighted by atomic mass is 10.0. The second-order valence-corrected chi connectivity index (χ2v) is 12.8. The van der Waals surface area contributed by atoms with E-state index < -0.39 is 0 Å². The number of rotatable bonds is 6. The van der Waals surface area contributed by atoms with Crippen molar-refractivity contribution in [3.8, 4) is 33.7 Å². The minimum Gasteiger partial charge on any atom is -0.456 e. The number of oxazole rings is 1. The van der Waals surface area contributed by atoms with Crippen LogP contribution >= 0.6 is 0 Å². The molecule has 10 rings (SSSR count). The topological polar surface area (TPSA) is 42.4 Å². The molecule has 0 amide bonds. The zero-order chi connectivity index (χ0) is 33.7. The van der Waals surface area contributed by atoms with Crippen LogP contribution in [0.15, 0.2) is 191 Å². The Morgan fingerprint density at radius 3 is 1.86 bits per heavy atom. The Morgan fingerprint density at radius 2 is 1.04 bits per heavy atom. The molecule has 0 fully saturated rings. The van der Waals surface area contributed by atoms with E-state index in [0.29, 0.717) is 5.89 Å². The van der Waals surface area contributed by atoms with Gasteiger partial charge in [0.05, 0.1) is 5.39 Å². The van der Waals surface area contributed by atoms with Crippen LogP contribution in [-0.2, 0) is 0 Å². The first kappa shape index (κ1) is 29.0. The summed E-state index contributed by atoms with van der Waals surface area (Å²) in [5.41, 5.74) is 11.9. The number of hydrogen-bond donors (Lipinski definition) is 0. The van der Waals surface area contributed by atoms with E-state index in [4.69, 9.17) is 13.8 Å². The van der Waals surface area contributed by atoms with Gasteiger partial charge in [0, 0.05) is 28.0 Å². The number of aromatic nitrogens is 1. The third kappa shape index (κ3) is 5.13. The highest BCUT2D eigenvalue weighted by Gasteiger charge is 2.18. The Labute approximate surface area is 294 Å². The zero-order valence-corrected chi connectivity index (χ0v) is 27.5. The lowest BCUT2D eigenvalue weighted by molar-refractivity contribution is 0.622. The number of furan rings is 1. The van der Waals surface area contributed by atoms with E-state index in [9.17, 15) is 0 Å². The van der Waals surface area contributed by atoms with Crippen LogP contribution in [0.5, 0.6) is 0 Å². The normalized spacial score (nSPS) is 11.5. The van der Waals surface area contributed by atoms with Gasteiger partial charge in [0.2, 0.25) is 5.89 Å². The summed E-state index contributed by atoms with van der Waals surface area (Å²) < 4.78 is 12.7. The van der Waals surface area contributed by atoms with Crippen LogP contribution in [-0.4, -0.2) is 4.98 Å². The quantitative estimate of drug-likeness (QED) is 0.179. The molecule has 0 radical (unpaired) electrons. The minimum absolute atomic E-state index is 0.605. The molecular weight excluding hydrogens is 625 g/mol. The Kier molecular flexibility index (Phi) is 6.78. The maximum absolute atomic E-state index is 6.40. The SMILES string of the molecule is c1ccc(-c2cccc(N(c3ccc(-c4ccc5c(c4)oc4ccc6nc(-c7ccccc7)oc6c45)cc3)c3ccc4ccccc4c3)c2)cc1. The molecule has 0 spiro atoms. The van der Waals surface area contributed by atoms with E-state index >= 15 is 0 Å². The molecule has 0 bridgehead atoms. The van der Waals surface area contributed by atoms with Gasteiger partial charge in [0.15, 0.2) is 5.58 Å². The molecule has 0 aliphatic carbocycles. The van der Waals surface area contributed by atoms with Gasteiger partial charge in [-0.15, -0.1) is 0 Å². The number of nitrogens with zero attached hydrogens (tertiary/aromatic N) is 2.